The van der Waals surface area contributed by atoms with Gasteiger partial charge in [0, 0.05) is 13.1 Å². The molecule has 0 radical (unpaired) electrons. The van der Waals surface area contributed by atoms with Gasteiger partial charge in [-0.1, -0.05) is 30.3 Å². The summed E-state index contributed by atoms with van der Waals surface area (Å²) in [6, 6.07) is 20.1. The summed E-state index contributed by atoms with van der Waals surface area (Å²) >= 11 is 1.62. The molecule has 0 spiro atoms. The predicted octanol–water partition coefficient (Wildman–Crippen LogP) is 5.13. The van der Waals surface area contributed by atoms with Crippen molar-refractivity contribution >= 4 is 44.3 Å². The fourth-order valence-electron chi connectivity index (χ4n) is 3.04. The molecule has 0 aliphatic rings. The molecular weight excluding hydrogens is 368 g/mol. The Morgan fingerprint density at radius 2 is 1.89 bits per heavy atom. The van der Waals surface area contributed by atoms with Crippen LogP contribution in [0, 0.1) is 0 Å². The molecule has 1 amide bonds. The lowest BCUT2D eigenvalue weighted by atomic mass is 10.1. The number of carbonyl (C=O) groups excluding carboxylic acids is 1. The first-order chi connectivity index (χ1) is 13.6. The molecule has 0 bridgehead atoms. The summed E-state index contributed by atoms with van der Waals surface area (Å²) in [7, 11) is 3.46. The van der Waals surface area contributed by atoms with Gasteiger partial charge in [0.05, 0.1) is 23.9 Å². The van der Waals surface area contributed by atoms with Crippen LogP contribution < -0.4 is 4.74 Å². The normalized spacial score (nSPS) is 11.4. The molecule has 4 aromatic rings. The first-order valence-corrected chi connectivity index (χ1v) is 9.79. The number of amides is 1. The maximum Gasteiger partial charge on any atom is 0.246 e. The fourth-order valence-corrected chi connectivity index (χ4v) is 4.06. The van der Waals surface area contributed by atoms with Crippen LogP contribution in [0.3, 0.4) is 0 Å². The van der Waals surface area contributed by atoms with E-state index < -0.39 is 0 Å². The molecule has 3 aromatic carbocycles. The van der Waals surface area contributed by atoms with E-state index in [1.165, 1.54) is 0 Å². The highest BCUT2D eigenvalue weighted by Crippen LogP contribution is 2.23. The number of carbonyl (C=O) groups is 1. The number of thiazole rings is 1. The molecule has 4 rings (SSSR count). The van der Waals surface area contributed by atoms with Gasteiger partial charge in [-0.15, -0.1) is 11.3 Å². The second kappa shape index (κ2) is 7.82. The van der Waals surface area contributed by atoms with Crippen LogP contribution in [0.4, 0.5) is 0 Å². The SMILES string of the molecule is COc1ccc2cc(/C=C/C(=O)N(C)Cc3nc4ccccc4s3)ccc2c1. The third kappa shape index (κ3) is 3.89. The number of benzene rings is 3. The number of ether oxygens (including phenoxy) is 1. The Kier molecular flexibility index (Phi) is 5.08. The Labute approximate surface area is 167 Å². The lowest BCUT2D eigenvalue weighted by Gasteiger charge is -2.12. The summed E-state index contributed by atoms with van der Waals surface area (Å²) < 4.78 is 6.40. The molecule has 1 heterocycles. The van der Waals surface area contributed by atoms with Gasteiger partial charge >= 0.3 is 0 Å². The highest BCUT2D eigenvalue weighted by molar-refractivity contribution is 7.18. The number of para-hydroxylation sites is 1. The van der Waals surface area contributed by atoms with E-state index >= 15 is 0 Å². The first kappa shape index (κ1) is 18.2. The van der Waals surface area contributed by atoms with E-state index in [4.69, 9.17) is 4.74 Å². The van der Waals surface area contributed by atoms with Crippen LogP contribution in [0.5, 0.6) is 5.75 Å². The molecule has 140 valence electrons. The number of hydrogen-bond donors (Lipinski definition) is 0. The van der Waals surface area contributed by atoms with Gasteiger partial charge in [-0.3, -0.25) is 4.79 Å². The zero-order valence-electron chi connectivity index (χ0n) is 15.8. The van der Waals surface area contributed by atoms with Gasteiger partial charge in [0.25, 0.3) is 0 Å². The Hall–Kier alpha value is -3.18. The Bertz CT molecular complexity index is 1150. The highest BCUT2D eigenvalue weighted by atomic mass is 32.1. The summed E-state index contributed by atoms with van der Waals surface area (Å²) in [5, 5.41) is 3.15. The van der Waals surface area contributed by atoms with Crippen molar-refractivity contribution in [3.05, 3.63) is 77.3 Å². The van der Waals surface area contributed by atoms with Crippen LogP contribution in [-0.2, 0) is 11.3 Å². The van der Waals surface area contributed by atoms with Crippen molar-refractivity contribution < 1.29 is 9.53 Å². The summed E-state index contributed by atoms with van der Waals surface area (Å²) in [5.41, 5.74) is 1.96. The van der Waals surface area contributed by atoms with Crippen LogP contribution >= 0.6 is 11.3 Å². The zero-order chi connectivity index (χ0) is 19.5. The first-order valence-electron chi connectivity index (χ1n) is 8.98. The highest BCUT2D eigenvalue weighted by Gasteiger charge is 2.10. The molecular formula is C23H20N2O2S. The largest absolute Gasteiger partial charge is 0.497 e. The van der Waals surface area contributed by atoms with Crippen molar-refractivity contribution in [2.75, 3.05) is 14.2 Å². The van der Waals surface area contributed by atoms with E-state index in [0.29, 0.717) is 6.54 Å². The lowest BCUT2D eigenvalue weighted by molar-refractivity contribution is -0.125. The van der Waals surface area contributed by atoms with Crippen LogP contribution in [0.25, 0.3) is 27.1 Å². The smallest absolute Gasteiger partial charge is 0.246 e. The number of fused-ring (bicyclic) bond motifs is 2. The van der Waals surface area contributed by atoms with E-state index in [1.54, 1.807) is 36.5 Å². The molecule has 0 atom stereocenters. The third-order valence-electron chi connectivity index (χ3n) is 4.58. The molecule has 0 saturated carbocycles. The summed E-state index contributed by atoms with van der Waals surface area (Å²) in [4.78, 5) is 18.8. The van der Waals surface area contributed by atoms with Crippen molar-refractivity contribution in [3.63, 3.8) is 0 Å². The zero-order valence-corrected chi connectivity index (χ0v) is 16.6. The number of aromatic nitrogens is 1. The number of nitrogens with zero attached hydrogens (tertiary/aromatic N) is 2. The molecule has 0 unspecified atom stereocenters. The van der Waals surface area contributed by atoms with Gasteiger partial charge in [0.2, 0.25) is 5.91 Å². The number of hydrogen-bond acceptors (Lipinski definition) is 4. The maximum atomic E-state index is 12.5. The van der Waals surface area contributed by atoms with Gasteiger partial charge < -0.3 is 9.64 Å². The topological polar surface area (TPSA) is 42.4 Å². The van der Waals surface area contributed by atoms with E-state index in [0.717, 1.165) is 37.3 Å². The van der Waals surface area contributed by atoms with Crippen molar-refractivity contribution in [1.29, 1.82) is 0 Å². The minimum Gasteiger partial charge on any atom is -0.497 e. The number of likely N-dealkylation sites (N-methyl/N-ethyl adjacent to an activating group) is 1. The van der Waals surface area contributed by atoms with E-state index in [-0.39, 0.29) is 5.91 Å². The van der Waals surface area contributed by atoms with Crippen molar-refractivity contribution in [2.45, 2.75) is 6.54 Å². The molecule has 5 heteroatoms. The van der Waals surface area contributed by atoms with Crippen LogP contribution in [0.1, 0.15) is 10.6 Å². The molecule has 0 aliphatic heterocycles. The molecule has 28 heavy (non-hydrogen) atoms. The van der Waals surface area contributed by atoms with E-state index in [1.807, 2.05) is 60.7 Å². The van der Waals surface area contributed by atoms with Crippen molar-refractivity contribution in [2.24, 2.45) is 0 Å². The fraction of sp³-hybridized carbons (Fsp3) is 0.130. The average Bonchev–Trinajstić information content (AvgIpc) is 3.13. The maximum absolute atomic E-state index is 12.5. The molecule has 0 aliphatic carbocycles. The summed E-state index contributed by atoms with van der Waals surface area (Å²) in [6.45, 7) is 0.500. The minimum atomic E-state index is -0.0471. The molecule has 0 saturated heterocycles. The second-order valence-electron chi connectivity index (χ2n) is 6.58. The van der Waals surface area contributed by atoms with Crippen LogP contribution in [-0.4, -0.2) is 29.9 Å². The summed E-state index contributed by atoms with van der Waals surface area (Å²) in [5.74, 6) is 0.788. The molecule has 1 aromatic heterocycles. The Morgan fingerprint density at radius 3 is 2.71 bits per heavy atom. The van der Waals surface area contributed by atoms with E-state index in [9.17, 15) is 4.79 Å². The molecule has 0 N–H and O–H groups in total. The minimum absolute atomic E-state index is 0.0471. The lowest BCUT2D eigenvalue weighted by Crippen LogP contribution is -2.23. The Balaban J connectivity index is 1.45. The summed E-state index contributed by atoms with van der Waals surface area (Å²) in [6.07, 6.45) is 3.46. The second-order valence-corrected chi connectivity index (χ2v) is 7.69. The standard InChI is InChI=1S/C23H20N2O2S/c1-25(15-22-24-20-5-3-4-6-21(20)28-22)23(26)12-8-16-7-9-18-14-19(27-2)11-10-17(18)13-16/h3-14H,15H2,1-2H3/b12-8+. The quantitative estimate of drug-likeness (QED) is 0.445. The van der Waals surface area contributed by atoms with Crippen LogP contribution in [0.2, 0.25) is 0 Å². The molecule has 0 fully saturated rings. The van der Waals surface area contributed by atoms with Crippen molar-refractivity contribution in [3.8, 4) is 5.75 Å². The monoisotopic (exact) mass is 388 g/mol. The number of rotatable bonds is 5. The van der Waals surface area contributed by atoms with E-state index in [2.05, 4.69) is 11.1 Å². The van der Waals surface area contributed by atoms with Crippen molar-refractivity contribution in [1.82, 2.24) is 9.88 Å². The van der Waals surface area contributed by atoms with Gasteiger partial charge in [0.1, 0.15) is 10.8 Å². The van der Waals surface area contributed by atoms with Gasteiger partial charge in [0.15, 0.2) is 0 Å². The predicted molar refractivity (Wildman–Crippen MR) is 116 cm³/mol. The molecule has 4 nitrogen and oxygen atoms in total. The third-order valence-corrected chi connectivity index (χ3v) is 5.60. The number of methoxy groups -OCH3 is 1. The van der Waals surface area contributed by atoms with Crippen LogP contribution in [0.15, 0.2) is 66.7 Å². The van der Waals surface area contributed by atoms with Gasteiger partial charge in [-0.25, -0.2) is 4.98 Å². The average molecular weight is 388 g/mol. The Morgan fingerprint density at radius 1 is 1.11 bits per heavy atom. The van der Waals surface area contributed by atoms with Gasteiger partial charge in [-0.2, -0.15) is 0 Å². The van der Waals surface area contributed by atoms with Gasteiger partial charge in [-0.05, 0) is 52.7 Å².